The minimum absolute atomic E-state index is 0.190. The van der Waals surface area contributed by atoms with Crippen molar-refractivity contribution in [2.75, 3.05) is 31.1 Å². The molecule has 7 nitrogen and oxygen atoms in total. The van der Waals surface area contributed by atoms with Gasteiger partial charge in [-0.3, -0.25) is 14.4 Å². The second kappa shape index (κ2) is 12.6. The van der Waals surface area contributed by atoms with Crippen LogP contribution in [0.1, 0.15) is 34.0 Å². The Balaban J connectivity index is 1.92. The lowest BCUT2D eigenvalue weighted by Gasteiger charge is -2.21. The second-order valence-electron chi connectivity index (χ2n) is 8.94. The fourth-order valence-electron chi connectivity index (χ4n) is 4.45. The number of anilines is 1. The zero-order valence-electron chi connectivity index (χ0n) is 21.8. The fraction of sp³-hybridized carbons (Fsp3) is 0.276. The Morgan fingerprint density at radius 3 is 1.89 bits per heavy atom. The van der Waals surface area contributed by atoms with E-state index in [4.69, 9.17) is 0 Å². The molecule has 37 heavy (non-hydrogen) atoms. The van der Waals surface area contributed by atoms with Crippen LogP contribution in [0.15, 0.2) is 66.7 Å². The van der Waals surface area contributed by atoms with E-state index >= 15 is 0 Å². The van der Waals surface area contributed by atoms with Crippen LogP contribution in [0.5, 0.6) is 0 Å². The summed E-state index contributed by atoms with van der Waals surface area (Å²) in [4.78, 5) is 38.6. The first-order valence-corrected chi connectivity index (χ1v) is 14.2. The average Bonchev–Trinajstić information content (AvgIpc) is 2.89. The average molecular weight is 520 g/mol. The van der Waals surface area contributed by atoms with Crippen LogP contribution in [0.4, 0.5) is 5.69 Å². The van der Waals surface area contributed by atoms with Crippen molar-refractivity contribution in [3.63, 3.8) is 0 Å². The van der Waals surface area contributed by atoms with E-state index in [-0.39, 0.29) is 11.9 Å². The number of amides is 2. The molecular weight excluding hydrogens is 485 g/mol. The Morgan fingerprint density at radius 2 is 1.35 bits per heavy atom. The van der Waals surface area contributed by atoms with E-state index in [0.29, 0.717) is 40.5 Å². The maximum absolute atomic E-state index is 14.4. The molecule has 0 atom stereocenters. The summed E-state index contributed by atoms with van der Waals surface area (Å²) in [5.74, 6) is -1.83. The zero-order valence-corrected chi connectivity index (χ0v) is 22.7. The maximum Gasteiger partial charge on any atom is 0.313 e. The zero-order chi connectivity index (χ0) is 27.0. The fourth-order valence-corrected chi connectivity index (χ4v) is 6.98. The lowest BCUT2D eigenvalue weighted by atomic mass is 9.95. The molecule has 0 unspecified atom stereocenters. The number of hydrogen-bond donors (Lipinski definition) is 3. The number of ketones is 1. The molecule has 0 saturated carbocycles. The number of carbonyl (C=O) groups excluding carboxylic acids is 3. The molecule has 3 aromatic rings. The number of aryl methyl sites for hydroxylation is 2. The number of Topliss-reactive ketones (excluding diaryl/α,β-unsaturated/α-hetero) is 1. The summed E-state index contributed by atoms with van der Waals surface area (Å²) in [7, 11) is -3.28. The van der Waals surface area contributed by atoms with Crippen LogP contribution in [0.25, 0.3) is 0 Å². The molecule has 0 bridgehead atoms. The molecule has 0 aliphatic heterocycles. The summed E-state index contributed by atoms with van der Waals surface area (Å²) in [6.45, 7) is 8.97. The Labute approximate surface area is 218 Å². The monoisotopic (exact) mass is 519 g/mol. The Morgan fingerprint density at radius 1 is 0.784 bits per heavy atom. The molecule has 0 aliphatic rings. The first-order chi connectivity index (χ1) is 17.7. The van der Waals surface area contributed by atoms with E-state index < -0.39 is 19.0 Å². The maximum atomic E-state index is 14.4. The van der Waals surface area contributed by atoms with Crippen LogP contribution in [0, 0.1) is 20.8 Å². The number of nitrogens with one attached hydrogen (secondary N) is 3. The second-order valence-corrected chi connectivity index (χ2v) is 11.8. The summed E-state index contributed by atoms with van der Waals surface area (Å²) < 4.78 is 14.4. The summed E-state index contributed by atoms with van der Waals surface area (Å²) in [5.41, 5.74) is 2.81. The lowest BCUT2D eigenvalue weighted by molar-refractivity contribution is -0.136. The number of rotatable bonds is 10. The normalized spacial score (nSPS) is 11.1. The molecule has 0 saturated heterocycles. The molecule has 0 spiro atoms. The molecule has 194 valence electrons. The van der Waals surface area contributed by atoms with Crippen molar-refractivity contribution in [2.24, 2.45) is 0 Å². The molecule has 0 fully saturated rings. The number of likely N-dealkylation sites (N-methyl/N-ethyl adjacent to an activating group) is 1. The Hall–Kier alpha value is -3.54. The Bertz CT molecular complexity index is 1280. The molecule has 3 rings (SSSR count). The highest BCUT2D eigenvalue weighted by Crippen LogP contribution is 2.44. The van der Waals surface area contributed by atoms with Gasteiger partial charge in [-0.25, -0.2) is 0 Å². The van der Waals surface area contributed by atoms with Gasteiger partial charge in [-0.2, -0.15) is 0 Å². The molecule has 0 aliphatic carbocycles. The van der Waals surface area contributed by atoms with Crippen molar-refractivity contribution in [2.45, 2.75) is 27.7 Å². The molecule has 8 heteroatoms. The van der Waals surface area contributed by atoms with Crippen molar-refractivity contribution in [1.82, 2.24) is 10.6 Å². The van der Waals surface area contributed by atoms with E-state index in [1.165, 1.54) is 0 Å². The van der Waals surface area contributed by atoms with Crippen LogP contribution in [0.3, 0.4) is 0 Å². The topological polar surface area (TPSA) is 104 Å². The first kappa shape index (κ1) is 28.0. The molecule has 3 aromatic carbocycles. The summed E-state index contributed by atoms with van der Waals surface area (Å²) in [5, 5.41) is 9.54. The Kier molecular flexibility index (Phi) is 9.56. The number of hydrogen-bond acceptors (Lipinski definition) is 5. The van der Waals surface area contributed by atoms with Crippen molar-refractivity contribution in [3.8, 4) is 0 Å². The van der Waals surface area contributed by atoms with E-state index in [1.54, 1.807) is 37.3 Å². The largest absolute Gasteiger partial charge is 0.347 e. The van der Waals surface area contributed by atoms with Gasteiger partial charge in [-0.1, -0.05) is 73.7 Å². The lowest BCUT2D eigenvalue weighted by Crippen LogP contribution is -2.39. The SMILES string of the molecule is CCNCCNC(=O)C(=O)Nc1c(C)cc(C)c(C(=O)CP(=O)(c2ccccc2)c2ccccc2)c1C. The highest BCUT2D eigenvalue weighted by Gasteiger charge is 2.32. The van der Waals surface area contributed by atoms with Crippen LogP contribution in [-0.4, -0.2) is 43.4 Å². The predicted molar refractivity (Wildman–Crippen MR) is 150 cm³/mol. The van der Waals surface area contributed by atoms with Gasteiger partial charge in [0.15, 0.2) is 12.9 Å². The third-order valence-electron chi connectivity index (χ3n) is 6.25. The van der Waals surface area contributed by atoms with Gasteiger partial charge in [0.1, 0.15) is 0 Å². The van der Waals surface area contributed by atoms with Gasteiger partial charge in [-0.05, 0) is 44.0 Å². The van der Waals surface area contributed by atoms with Crippen LogP contribution in [-0.2, 0) is 14.2 Å². The number of carbonyl (C=O) groups is 3. The van der Waals surface area contributed by atoms with Gasteiger partial charge < -0.3 is 20.5 Å². The minimum Gasteiger partial charge on any atom is -0.347 e. The highest BCUT2D eigenvalue weighted by molar-refractivity contribution is 7.79. The van der Waals surface area contributed by atoms with Crippen LogP contribution in [0.2, 0.25) is 0 Å². The molecule has 0 radical (unpaired) electrons. The smallest absolute Gasteiger partial charge is 0.313 e. The molecule has 3 N–H and O–H groups in total. The van der Waals surface area contributed by atoms with Crippen molar-refractivity contribution < 1.29 is 18.9 Å². The molecular formula is C29H34N3O4P. The third kappa shape index (κ3) is 6.62. The van der Waals surface area contributed by atoms with Crippen LogP contribution >= 0.6 is 7.14 Å². The van der Waals surface area contributed by atoms with Gasteiger partial charge in [0.2, 0.25) is 0 Å². The minimum atomic E-state index is -3.28. The van der Waals surface area contributed by atoms with Gasteiger partial charge in [0.05, 0.1) is 6.16 Å². The van der Waals surface area contributed by atoms with Crippen molar-refractivity contribution >= 4 is 41.0 Å². The van der Waals surface area contributed by atoms with Crippen molar-refractivity contribution in [3.05, 3.63) is 89.0 Å². The van der Waals surface area contributed by atoms with E-state index in [0.717, 1.165) is 17.7 Å². The third-order valence-corrected chi connectivity index (χ3v) is 9.24. The first-order valence-electron chi connectivity index (χ1n) is 12.3. The summed E-state index contributed by atoms with van der Waals surface area (Å²) in [6.07, 6.45) is -0.190. The number of benzene rings is 3. The van der Waals surface area contributed by atoms with Gasteiger partial charge in [0.25, 0.3) is 0 Å². The summed E-state index contributed by atoms with van der Waals surface area (Å²) in [6, 6.07) is 19.9. The quantitative estimate of drug-likeness (QED) is 0.165. The van der Waals surface area contributed by atoms with E-state index in [1.807, 2.05) is 57.2 Å². The van der Waals surface area contributed by atoms with E-state index in [2.05, 4.69) is 16.0 Å². The standard InChI is InChI=1S/C29H34N3O4P/c1-5-30-16-17-31-28(34)29(35)32-27-21(3)18-20(2)26(22(27)4)25(33)19-37(36,23-12-8-6-9-13-23)24-14-10-7-11-15-24/h6-15,18,30H,5,16-17,19H2,1-4H3,(H,31,34)(H,32,35). The molecule has 2 amide bonds. The molecule has 0 aromatic heterocycles. The van der Waals surface area contributed by atoms with Gasteiger partial charge in [0, 0.05) is 34.9 Å². The van der Waals surface area contributed by atoms with Gasteiger partial charge >= 0.3 is 11.8 Å². The predicted octanol–water partition coefficient (Wildman–Crippen LogP) is 3.47. The van der Waals surface area contributed by atoms with Gasteiger partial charge in [-0.15, -0.1) is 0 Å². The van der Waals surface area contributed by atoms with Crippen molar-refractivity contribution in [1.29, 1.82) is 0 Å². The van der Waals surface area contributed by atoms with E-state index in [9.17, 15) is 18.9 Å². The summed E-state index contributed by atoms with van der Waals surface area (Å²) >= 11 is 0. The van der Waals surface area contributed by atoms with Crippen LogP contribution < -0.4 is 26.6 Å². The highest BCUT2D eigenvalue weighted by atomic mass is 31.2. The molecule has 0 heterocycles.